The molecule has 0 amide bonds. The van der Waals surface area contributed by atoms with Gasteiger partial charge in [0.25, 0.3) is 0 Å². The highest BCUT2D eigenvalue weighted by Crippen LogP contribution is 2.35. The molecule has 0 spiro atoms. The number of hydrogen-bond acceptors (Lipinski definition) is 3. The molecule has 17 heavy (non-hydrogen) atoms. The highest BCUT2D eigenvalue weighted by molar-refractivity contribution is 9.10. The lowest BCUT2D eigenvalue weighted by atomic mass is 10.2. The zero-order valence-corrected chi connectivity index (χ0v) is 11.9. The van der Waals surface area contributed by atoms with E-state index in [1.165, 1.54) is 23.5 Å². The number of aromatic nitrogens is 1. The molecule has 90 valence electrons. The van der Waals surface area contributed by atoms with Crippen molar-refractivity contribution in [3.8, 4) is 10.6 Å². The molecule has 5 heteroatoms. The van der Waals surface area contributed by atoms with Gasteiger partial charge in [0.05, 0.1) is 5.69 Å². The van der Waals surface area contributed by atoms with E-state index in [-0.39, 0.29) is 11.9 Å². The fraction of sp³-hybridized carbons (Fsp3) is 0.250. The molecule has 2 rings (SSSR count). The van der Waals surface area contributed by atoms with Crippen LogP contribution in [0, 0.1) is 12.7 Å². The molecular weight excluding hydrogens is 303 g/mol. The van der Waals surface area contributed by atoms with Crippen LogP contribution in [0.3, 0.4) is 0 Å². The van der Waals surface area contributed by atoms with Gasteiger partial charge in [-0.1, -0.05) is 15.9 Å². The van der Waals surface area contributed by atoms with Crippen molar-refractivity contribution in [1.29, 1.82) is 0 Å². The van der Waals surface area contributed by atoms with Crippen molar-refractivity contribution >= 4 is 27.3 Å². The van der Waals surface area contributed by atoms with Gasteiger partial charge < -0.3 is 5.73 Å². The summed E-state index contributed by atoms with van der Waals surface area (Å²) in [5.74, 6) is -0.265. The first-order valence-corrected chi connectivity index (χ1v) is 6.78. The summed E-state index contributed by atoms with van der Waals surface area (Å²) < 4.78 is 14.1. The maximum absolute atomic E-state index is 13.2. The Hall–Kier alpha value is -0.780. The predicted octanol–water partition coefficient (Wildman–Crippen LogP) is 4.04. The van der Waals surface area contributed by atoms with Crippen LogP contribution in [0.5, 0.6) is 0 Å². The molecule has 0 saturated carbocycles. The van der Waals surface area contributed by atoms with Gasteiger partial charge in [0.15, 0.2) is 0 Å². The Labute approximate surface area is 112 Å². The van der Waals surface area contributed by atoms with Crippen LogP contribution < -0.4 is 5.73 Å². The number of nitrogens with zero attached hydrogens (tertiary/aromatic N) is 1. The van der Waals surface area contributed by atoms with Crippen LogP contribution in [-0.4, -0.2) is 4.98 Å². The molecule has 0 saturated heterocycles. The van der Waals surface area contributed by atoms with E-state index in [1.807, 2.05) is 13.8 Å². The Morgan fingerprint density at radius 1 is 1.47 bits per heavy atom. The zero-order valence-electron chi connectivity index (χ0n) is 9.50. The van der Waals surface area contributed by atoms with Crippen LogP contribution in [0.4, 0.5) is 4.39 Å². The standard InChI is InChI=1S/C12H12BrFN2S/c1-6(15)11-7(2)16-12(17-11)9-5-8(14)3-4-10(9)13/h3-6H,15H2,1-2H3. The molecule has 1 heterocycles. The third-order valence-corrected chi connectivity index (χ3v) is 4.49. The van der Waals surface area contributed by atoms with Crippen LogP contribution >= 0.6 is 27.3 Å². The molecule has 2 N–H and O–H groups in total. The summed E-state index contributed by atoms with van der Waals surface area (Å²) in [5.41, 5.74) is 7.54. The van der Waals surface area contributed by atoms with Crippen molar-refractivity contribution in [3.63, 3.8) is 0 Å². The summed E-state index contributed by atoms with van der Waals surface area (Å²) >= 11 is 4.92. The minimum absolute atomic E-state index is 0.0476. The van der Waals surface area contributed by atoms with E-state index in [4.69, 9.17) is 5.73 Å². The molecule has 0 aliphatic rings. The maximum Gasteiger partial charge on any atom is 0.125 e. The Morgan fingerprint density at radius 3 is 2.76 bits per heavy atom. The second-order valence-corrected chi connectivity index (χ2v) is 5.77. The molecule has 2 nitrogen and oxygen atoms in total. The first kappa shape index (κ1) is 12.7. The first-order valence-electron chi connectivity index (χ1n) is 5.17. The van der Waals surface area contributed by atoms with Crippen molar-refractivity contribution in [1.82, 2.24) is 4.98 Å². The monoisotopic (exact) mass is 314 g/mol. The molecule has 2 aromatic rings. The van der Waals surface area contributed by atoms with Gasteiger partial charge >= 0.3 is 0 Å². The Kier molecular flexibility index (Phi) is 3.61. The Bertz CT molecular complexity index is 551. The van der Waals surface area contributed by atoms with Crippen LogP contribution in [0.1, 0.15) is 23.5 Å². The first-order chi connectivity index (χ1) is 7.99. The van der Waals surface area contributed by atoms with Crippen LogP contribution in [0.15, 0.2) is 22.7 Å². The third kappa shape index (κ3) is 2.56. The minimum atomic E-state index is -0.265. The van der Waals surface area contributed by atoms with Gasteiger partial charge in [0, 0.05) is 21.0 Å². The molecule has 0 aliphatic carbocycles. The van der Waals surface area contributed by atoms with E-state index in [0.717, 1.165) is 25.6 Å². The maximum atomic E-state index is 13.2. The quantitative estimate of drug-likeness (QED) is 0.908. The number of benzene rings is 1. The van der Waals surface area contributed by atoms with Crippen LogP contribution in [0.25, 0.3) is 10.6 Å². The van der Waals surface area contributed by atoms with Gasteiger partial charge in [-0.25, -0.2) is 9.37 Å². The predicted molar refractivity (Wildman–Crippen MR) is 72.5 cm³/mol. The number of hydrogen-bond donors (Lipinski definition) is 1. The molecule has 0 aliphatic heterocycles. The van der Waals surface area contributed by atoms with E-state index >= 15 is 0 Å². The molecule has 1 unspecified atom stereocenters. The normalized spacial score (nSPS) is 12.8. The fourth-order valence-electron chi connectivity index (χ4n) is 1.61. The number of rotatable bonds is 2. The SMILES string of the molecule is Cc1nc(-c2cc(F)ccc2Br)sc1C(C)N. The van der Waals surface area contributed by atoms with E-state index in [2.05, 4.69) is 20.9 Å². The molecule has 1 aromatic heterocycles. The van der Waals surface area contributed by atoms with E-state index in [9.17, 15) is 4.39 Å². The summed E-state index contributed by atoms with van der Waals surface area (Å²) in [5, 5.41) is 0.793. The summed E-state index contributed by atoms with van der Waals surface area (Å²) in [6, 6.07) is 4.54. The number of halogens is 2. The molecule has 0 fully saturated rings. The van der Waals surface area contributed by atoms with Gasteiger partial charge in [0.1, 0.15) is 10.8 Å². The van der Waals surface area contributed by atoms with Gasteiger partial charge in [0.2, 0.25) is 0 Å². The van der Waals surface area contributed by atoms with Crippen molar-refractivity contribution in [2.24, 2.45) is 5.73 Å². The Balaban J connectivity index is 2.53. The molecule has 0 bridgehead atoms. The topological polar surface area (TPSA) is 38.9 Å². The van der Waals surface area contributed by atoms with E-state index in [0.29, 0.717) is 0 Å². The van der Waals surface area contributed by atoms with Crippen molar-refractivity contribution < 1.29 is 4.39 Å². The zero-order chi connectivity index (χ0) is 12.6. The highest BCUT2D eigenvalue weighted by Gasteiger charge is 2.14. The fourth-order valence-corrected chi connectivity index (χ4v) is 3.22. The van der Waals surface area contributed by atoms with Gasteiger partial charge in [-0.2, -0.15) is 0 Å². The van der Waals surface area contributed by atoms with Crippen molar-refractivity contribution in [2.75, 3.05) is 0 Å². The van der Waals surface area contributed by atoms with Crippen LogP contribution in [-0.2, 0) is 0 Å². The summed E-state index contributed by atoms with van der Waals surface area (Å²) in [6.07, 6.45) is 0. The molecule has 0 radical (unpaired) electrons. The van der Waals surface area contributed by atoms with Gasteiger partial charge in [-0.3, -0.25) is 0 Å². The molecule has 1 aromatic carbocycles. The highest BCUT2D eigenvalue weighted by atomic mass is 79.9. The van der Waals surface area contributed by atoms with E-state index < -0.39 is 0 Å². The second-order valence-electron chi connectivity index (χ2n) is 3.88. The van der Waals surface area contributed by atoms with Crippen LogP contribution in [0.2, 0.25) is 0 Å². The van der Waals surface area contributed by atoms with E-state index in [1.54, 1.807) is 6.07 Å². The number of aryl methyl sites for hydroxylation is 1. The lowest BCUT2D eigenvalue weighted by Crippen LogP contribution is -2.03. The second kappa shape index (κ2) is 4.84. The average molecular weight is 315 g/mol. The number of nitrogens with two attached hydrogens (primary N) is 1. The lowest BCUT2D eigenvalue weighted by molar-refractivity contribution is 0.628. The minimum Gasteiger partial charge on any atom is -0.323 e. The summed E-state index contributed by atoms with van der Waals surface area (Å²) in [6.45, 7) is 3.84. The van der Waals surface area contributed by atoms with Crippen molar-refractivity contribution in [2.45, 2.75) is 19.9 Å². The van der Waals surface area contributed by atoms with Gasteiger partial charge in [-0.05, 0) is 32.0 Å². The average Bonchev–Trinajstić information content (AvgIpc) is 2.64. The molecule has 1 atom stereocenters. The Morgan fingerprint density at radius 2 is 2.18 bits per heavy atom. The lowest BCUT2D eigenvalue weighted by Gasteiger charge is -2.01. The summed E-state index contributed by atoms with van der Waals surface area (Å²) in [4.78, 5) is 5.48. The molecular formula is C12H12BrFN2S. The third-order valence-electron chi connectivity index (χ3n) is 2.40. The van der Waals surface area contributed by atoms with Crippen molar-refractivity contribution in [3.05, 3.63) is 39.1 Å². The van der Waals surface area contributed by atoms with Gasteiger partial charge in [-0.15, -0.1) is 11.3 Å². The largest absolute Gasteiger partial charge is 0.323 e. The smallest absolute Gasteiger partial charge is 0.125 e. The number of thiazole rings is 1. The summed E-state index contributed by atoms with van der Waals surface area (Å²) in [7, 11) is 0.